The fourth-order valence-electron chi connectivity index (χ4n) is 1.40. The molecule has 0 aliphatic rings. The van der Waals surface area contributed by atoms with Crippen LogP contribution in [0.5, 0.6) is 0 Å². The van der Waals surface area contributed by atoms with Gasteiger partial charge in [-0.25, -0.2) is 4.98 Å². The summed E-state index contributed by atoms with van der Waals surface area (Å²) in [6, 6.07) is 0. The summed E-state index contributed by atoms with van der Waals surface area (Å²) >= 11 is 2.03. The van der Waals surface area contributed by atoms with Gasteiger partial charge in [-0.3, -0.25) is 4.79 Å². The number of hydrogen-bond donors (Lipinski definition) is 1. The van der Waals surface area contributed by atoms with E-state index >= 15 is 0 Å². The third-order valence-electron chi connectivity index (χ3n) is 2.26. The lowest BCUT2D eigenvalue weighted by molar-refractivity contribution is 0.0696. The SMILES string of the molecule is CCOC(C)c1nc(C(C)C)c(I)c(=O)[nH]1. The Balaban J connectivity index is 3.18. The Hall–Kier alpha value is -0.430. The van der Waals surface area contributed by atoms with Crippen LogP contribution in [0.15, 0.2) is 4.79 Å². The second-order valence-electron chi connectivity index (χ2n) is 3.90. The molecule has 16 heavy (non-hydrogen) atoms. The van der Waals surface area contributed by atoms with E-state index < -0.39 is 0 Å². The second kappa shape index (κ2) is 5.77. The fourth-order valence-corrected chi connectivity index (χ4v) is 2.28. The van der Waals surface area contributed by atoms with Gasteiger partial charge < -0.3 is 9.72 Å². The summed E-state index contributed by atoms with van der Waals surface area (Å²) in [4.78, 5) is 18.9. The van der Waals surface area contributed by atoms with E-state index in [4.69, 9.17) is 4.74 Å². The summed E-state index contributed by atoms with van der Waals surface area (Å²) in [6.07, 6.45) is -0.174. The number of nitrogens with zero attached hydrogens (tertiary/aromatic N) is 1. The van der Waals surface area contributed by atoms with Crippen molar-refractivity contribution < 1.29 is 4.74 Å². The predicted molar refractivity (Wildman–Crippen MR) is 71.7 cm³/mol. The van der Waals surface area contributed by atoms with Crippen LogP contribution in [0.4, 0.5) is 0 Å². The Morgan fingerprint density at radius 1 is 1.44 bits per heavy atom. The van der Waals surface area contributed by atoms with Crippen molar-refractivity contribution in [1.82, 2.24) is 9.97 Å². The number of hydrogen-bond acceptors (Lipinski definition) is 3. The first kappa shape index (κ1) is 13.6. The molecule has 0 aliphatic heterocycles. The normalized spacial score (nSPS) is 13.1. The highest BCUT2D eigenvalue weighted by Crippen LogP contribution is 2.18. The predicted octanol–water partition coefficient (Wildman–Crippen LogP) is 2.60. The number of ether oxygens (including phenoxy) is 1. The standard InChI is InChI=1S/C11H17IN2O2/c1-5-16-7(4)10-13-9(6(2)3)8(12)11(15)14-10/h6-7H,5H2,1-4H3,(H,13,14,15). The van der Waals surface area contributed by atoms with Gasteiger partial charge in [-0.15, -0.1) is 0 Å². The van der Waals surface area contributed by atoms with Gasteiger partial charge in [0, 0.05) is 6.61 Å². The summed E-state index contributed by atoms with van der Waals surface area (Å²) in [5.74, 6) is 0.845. The average molecular weight is 336 g/mol. The van der Waals surface area contributed by atoms with E-state index in [1.54, 1.807) is 0 Å². The lowest BCUT2D eigenvalue weighted by Gasteiger charge is -2.14. The number of aromatic amines is 1. The molecular formula is C11H17IN2O2. The van der Waals surface area contributed by atoms with Gasteiger partial charge in [-0.1, -0.05) is 13.8 Å². The van der Waals surface area contributed by atoms with Gasteiger partial charge in [0.2, 0.25) is 0 Å². The minimum absolute atomic E-state index is 0.0825. The number of H-pyrrole nitrogens is 1. The molecule has 5 heteroatoms. The largest absolute Gasteiger partial charge is 0.371 e. The Kier molecular flexibility index (Phi) is 4.91. The number of aromatic nitrogens is 2. The van der Waals surface area contributed by atoms with Crippen LogP contribution in [0, 0.1) is 3.57 Å². The van der Waals surface area contributed by atoms with E-state index in [-0.39, 0.29) is 17.6 Å². The second-order valence-corrected chi connectivity index (χ2v) is 4.98. The molecule has 1 atom stereocenters. The number of rotatable bonds is 4. The van der Waals surface area contributed by atoms with E-state index in [0.717, 1.165) is 5.69 Å². The molecule has 0 fully saturated rings. The van der Waals surface area contributed by atoms with Crippen LogP contribution >= 0.6 is 22.6 Å². The van der Waals surface area contributed by atoms with Gasteiger partial charge in [-0.05, 0) is 42.4 Å². The van der Waals surface area contributed by atoms with Gasteiger partial charge in [0.15, 0.2) is 0 Å². The maximum absolute atomic E-state index is 11.7. The molecule has 1 heterocycles. The van der Waals surface area contributed by atoms with Gasteiger partial charge >= 0.3 is 0 Å². The Bertz CT molecular complexity index is 415. The first-order chi connectivity index (χ1) is 7.47. The molecule has 0 saturated carbocycles. The summed E-state index contributed by atoms with van der Waals surface area (Å²) in [6.45, 7) is 8.47. The highest BCUT2D eigenvalue weighted by molar-refractivity contribution is 14.1. The van der Waals surface area contributed by atoms with Crippen molar-refractivity contribution >= 4 is 22.6 Å². The monoisotopic (exact) mass is 336 g/mol. The molecular weight excluding hydrogens is 319 g/mol. The van der Waals surface area contributed by atoms with Crippen molar-refractivity contribution in [3.63, 3.8) is 0 Å². The van der Waals surface area contributed by atoms with E-state index in [9.17, 15) is 4.79 Å². The molecule has 0 bridgehead atoms. The Morgan fingerprint density at radius 3 is 2.56 bits per heavy atom. The topological polar surface area (TPSA) is 55.0 Å². The van der Waals surface area contributed by atoms with Gasteiger partial charge in [0.05, 0.1) is 9.26 Å². The lowest BCUT2D eigenvalue weighted by atomic mass is 10.1. The molecule has 1 unspecified atom stereocenters. The molecule has 4 nitrogen and oxygen atoms in total. The Morgan fingerprint density at radius 2 is 2.06 bits per heavy atom. The molecule has 1 rings (SSSR count). The molecule has 0 aromatic carbocycles. The molecule has 0 amide bonds. The van der Waals surface area contributed by atoms with Gasteiger partial charge in [0.1, 0.15) is 11.9 Å². The minimum Gasteiger partial charge on any atom is -0.371 e. The smallest absolute Gasteiger partial charge is 0.264 e. The minimum atomic E-state index is -0.174. The van der Waals surface area contributed by atoms with Crippen molar-refractivity contribution in [3.05, 3.63) is 25.4 Å². The van der Waals surface area contributed by atoms with Crippen molar-refractivity contribution in [3.8, 4) is 0 Å². The van der Waals surface area contributed by atoms with Gasteiger partial charge in [-0.2, -0.15) is 0 Å². The first-order valence-electron chi connectivity index (χ1n) is 5.38. The van der Waals surface area contributed by atoms with Crippen LogP contribution in [-0.4, -0.2) is 16.6 Å². The molecule has 0 spiro atoms. The van der Waals surface area contributed by atoms with E-state index in [1.807, 2.05) is 50.3 Å². The molecule has 1 aromatic rings. The third kappa shape index (κ3) is 3.04. The molecule has 0 radical (unpaired) electrons. The van der Waals surface area contributed by atoms with Crippen molar-refractivity contribution in [1.29, 1.82) is 0 Å². The van der Waals surface area contributed by atoms with Gasteiger partial charge in [0.25, 0.3) is 5.56 Å². The van der Waals surface area contributed by atoms with Crippen LogP contribution in [-0.2, 0) is 4.74 Å². The summed E-state index contributed by atoms with van der Waals surface area (Å²) < 4.78 is 6.09. The van der Waals surface area contributed by atoms with Crippen LogP contribution in [0.1, 0.15) is 51.2 Å². The highest BCUT2D eigenvalue weighted by Gasteiger charge is 2.15. The highest BCUT2D eigenvalue weighted by atomic mass is 127. The molecule has 1 aromatic heterocycles. The first-order valence-corrected chi connectivity index (χ1v) is 6.46. The summed E-state index contributed by atoms with van der Waals surface area (Å²) in [5, 5.41) is 0. The van der Waals surface area contributed by atoms with Crippen LogP contribution < -0.4 is 5.56 Å². The molecule has 0 aliphatic carbocycles. The zero-order chi connectivity index (χ0) is 12.3. The van der Waals surface area contributed by atoms with Crippen molar-refractivity contribution in [2.24, 2.45) is 0 Å². The lowest BCUT2D eigenvalue weighted by Crippen LogP contribution is -2.21. The zero-order valence-electron chi connectivity index (χ0n) is 10.0. The van der Waals surface area contributed by atoms with Crippen LogP contribution in [0.3, 0.4) is 0 Å². The average Bonchev–Trinajstić information content (AvgIpc) is 2.21. The van der Waals surface area contributed by atoms with E-state index in [1.165, 1.54) is 0 Å². The maximum Gasteiger partial charge on any atom is 0.264 e. The molecule has 0 saturated heterocycles. The number of halogens is 1. The number of nitrogens with one attached hydrogen (secondary N) is 1. The molecule has 90 valence electrons. The van der Waals surface area contributed by atoms with Crippen molar-refractivity contribution in [2.45, 2.75) is 39.7 Å². The quantitative estimate of drug-likeness (QED) is 0.860. The maximum atomic E-state index is 11.7. The molecule has 1 N–H and O–H groups in total. The summed E-state index contributed by atoms with van der Waals surface area (Å²) in [5.41, 5.74) is 0.756. The zero-order valence-corrected chi connectivity index (χ0v) is 12.2. The third-order valence-corrected chi connectivity index (χ3v) is 3.30. The van der Waals surface area contributed by atoms with Crippen molar-refractivity contribution in [2.75, 3.05) is 6.61 Å². The summed E-state index contributed by atoms with van der Waals surface area (Å²) in [7, 11) is 0. The van der Waals surface area contributed by atoms with Crippen LogP contribution in [0.25, 0.3) is 0 Å². The van der Waals surface area contributed by atoms with E-state index in [0.29, 0.717) is 16.0 Å². The van der Waals surface area contributed by atoms with E-state index in [2.05, 4.69) is 9.97 Å². The van der Waals surface area contributed by atoms with Crippen LogP contribution in [0.2, 0.25) is 0 Å². The fraction of sp³-hybridized carbons (Fsp3) is 0.636. The Labute approximate surface area is 109 Å².